The van der Waals surface area contributed by atoms with Crippen LogP contribution < -0.4 is 5.32 Å². The zero-order chi connectivity index (χ0) is 20.2. The average molecular weight is 404 g/mol. The van der Waals surface area contributed by atoms with Gasteiger partial charge in [0.2, 0.25) is 5.91 Å². The lowest BCUT2D eigenvalue weighted by molar-refractivity contribution is -0.161. The molecule has 1 aromatic carbocycles. The van der Waals surface area contributed by atoms with Gasteiger partial charge in [-0.15, -0.1) is 11.8 Å². The molecule has 2 saturated heterocycles. The number of hydrogen-bond acceptors (Lipinski definition) is 5. The number of rotatable bonds is 3. The smallest absolute Gasteiger partial charge is 0.327 e. The van der Waals surface area contributed by atoms with E-state index in [1.54, 1.807) is 0 Å². The molecule has 28 heavy (non-hydrogen) atoms. The number of aliphatic carboxylic acids is 1. The van der Waals surface area contributed by atoms with E-state index >= 15 is 0 Å². The number of carboxylic acid groups (broad SMARTS) is 1. The Hall–Kier alpha value is -2.06. The second kappa shape index (κ2) is 6.77. The predicted octanol–water partition coefficient (Wildman–Crippen LogP) is 1.63. The average Bonchev–Trinajstić information content (AvgIpc) is 2.75. The molecule has 0 aromatic heterocycles. The van der Waals surface area contributed by atoms with Crippen LogP contribution in [0, 0.1) is 6.92 Å². The van der Waals surface area contributed by atoms with Crippen LogP contribution >= 0.6 is 11.8 Å². The van der Waals surface area contributed by atoms with Crippen LogP contribution in [0.4, 0.5) is 0 Å². The van der Waals surface area contributed by atoms with Gasteiger partial charge < -0.3 is 20.1 Å². The van der Waals surface area contributed by atoms with Crippen LogP contribution in [0.5, 0.6) is 0 Å². The first kappa shape index (κ1) is 19.3. The Balaban J connectivity index is 1.54. The van der Waals surface area contributed by atoms with Gasteiger partial charge in [0.25, 0.3) is 5.91 Å². The van der Waals surface area contributed by atoms with Crippen LogP contribution in [0.1, 0.15) is 43.1 Å². The van der Waals surface area contributed by atoms with Gasteiger partial charge in [-0.25, -0.2) is 4.79 Å². The van der Waals surface area contributed by atoms with E-state index in [0.29, 0.717) is 6.61 Å². The molecule has 3 heterocycles. The summed E-state index contributed by atoms with van der Waals surface area (Å²) in [5, 5.41) is 12.0. The lowest BCUT2D eigenvalue weighted by atomic mass is 9.95. The van der Waals surface area contributed by atoms with Gasteiger partial charge >= 0.3 is 5.97 Å². The summed E-state index contributed by atoms with van der Waals surface area (Å²) in [5.74, 6) is -1.71. The molecule has 7 nitrogen and oxygen atoms in total. The quantitative estimate of drug-likeness (QED) is 0.744. The largest absolute Gasteiger partial charge is 0.480 e. The van der Waals surface area contributed by atoms with Gasteiger partial charge in [-0.2, -0.15) is 0 Å². The summed E-state index contributed by atoms with van der Waals surface area (Å²) in [4.78, 5) is 38.6. The first-order valence-corrected chi connectivity index (χ1v) is 10.3. The summed E-state index contributed by atoms with van der Waals surface area (Å²) in [5.41, 5.74) is 2.99. The fraction of sp³-hybridized carbons (Fsp3) is 0.550. The monoisotopic (exact) mass is 404 g/mol. The summed E-state index contributed by atoms with van der Waals surface area (Å²) in [6.45, 7) is 6.07. The van der Waals surface area contributed by atoms with Crippen molar-refractivity contribution in [3.8, 4) is 0 Å². The zero-order valence-corrected chi connectivity index (χ0v) is 16.9. The van der Waals surface area contributed by atoms with Crippen LogP contribution in [0.15, 0.2) is 18.2 Å². The summed E-state index contributed by atoms with van der Waals surface area (Å²) >= 11 is 1.42. The van der Waals surface area contributed by atoms with Crippen molar-refractivity contribution < 1.29 is 24.2 Å². The molecule has 8 heteroatoms. The molecule has 4 rings (SSSR count). The van der Waals surface area contributed by atoms with Gasteiger partial charge in [0.15, 0.2) is 6.10 Å². The van der Waals surface area contributed by atoms with E-state index in [-0.39, 0.29) is 17.2 Å². The molecule has 2 N–H and O–H groups in total. The molecule has 4 unspecified atom stereocenters. The third kappa shape index (κ3) is 2.99. The molecule has 3 aliphatic heterocycles. The minimum atomic E-state index is -1.02. The number of nitrogens with zero attached hydrogens (tertiary/aromatic N) is 1. The van der Waals surface area contributed by atoms with Crippen LogP contribution in [-0.2, 0) is 25.5 Å². The van der Waals surface area contributed by atoms with E-state index in [1.807, 2.05) is 39.0 Å². The van der Waals surface area contributed by atoms with Crippen molar-refractivity contribution in [1.82, 2.24) is 10.2 Å². The van der Waals surface area contributed by atoms with E-state index in [2.05, 4.69) is 5.32 Å². The van der Waals surface area contributed by atoms with Crippen molar-refractivity contribution in [1.29, 1.82) is 0 Å². The van der Waals surface area contributed by atoms with E-state index in [9.17, 15) is 19.5 Å². The molecule has 0 spiro atoms. The third-order valence-electron chi connectivity index (χ3n) is 5.67. The highest BCUT2D eigenvalue weighted by molar-refractivity contribution is 8.01. The molecule has 1 aromatic rings. The Morgan fingerprint density at radius 2 is 2.11 bits per heavy atom. The molecular formula is C20H24N2O5S. The number of ether oxygens (including phenoxy) is 1. The summed E-state index contributed by atoms with van der Waals surface area (Å²) in [6.07, 6.45) is 0.930. The Morgan fingerprint density at radius 3 is 2.82 bits per heavy atom. The molecular weight excluding hydrogens is 380 g/mol. The van der Waals surface area contributed by atoms with Gasteiger partial charge in [-0.05, 0) is 44.7 Å². The van der Waals surface area contributed by atoms with Crippen LogP contribution in [0.3, 0.4) is 0 Å². The normalized spacial score (nSPS) is 30.7. The fourth-order valence-electron chi connectivity index (χ4n) is 4.33. The van der Waals surface area contributed by atoms with Gasteiger partial charge in [-0.1, -0.05) is 23.8 Å². The summed E-state index contributed by atoms with van der Waals surface area (Å²) in [6, 6.07) is 4.41. The highest BCUT2D eigenvalue weighted by Gasteiger charge is 2.64. The number of aryl methyl sites for hydroxylation is 2. The standard InChI is InChI=1S/C20H24N2O5S/c1-10-6-7-11-5-4-8-27-14(12(11)9-10)16(23)21-13-17(24)22-15(19(25)26)20(2,3)28-18(13)22/h6-7,9,13-15,18H,4-5,8H2,1-3H3,(H,21,23)(H,25,26). The SMILES string of the molecule is Cc1ccc2c(c1)C(C(=O)NC1C(=O)N3C1SC(C)(C)C3C(=O)O)OCCC2. The Morgan fingerprint density at radius 1 is 1.36 bits per heavy atom. The number of fused-ring (bicyclic) bond motifs is 2. The lowest BCUT2D eigenvalue weighted by Crippen LogP contribution is -2.71. The maximum atomic E-state index is 13.0. The molecule has 4 atom stereocenters. The number of thioether (sulfide) groups is 1. The molecule has 2 fully saturated rings. The van der Waals surface area contributed by atoms with E-state index in [0.717, 1.165) is 29.5 Å². The summed E-state index contributed by atoms with van der Waals surface area (Å²) in [7, 11) is 0. The maximum absolute atomic E-state index is 13.0. The van der Waals surface area contributed by atoms with E-state index in [1.165, 1.54) is 16.7 Å². The molecule has 3 aliphatic rings. The number of nitrogens with one attached hydrogen (secondary N) is 1. The topological polar surface area (TPSA) is 95.9 Å². The molecule has 2 amide bonds. The van der Waals surface area contributed by atoms with Gasteiger partial charge in [-0.3, -0.25) is 9.59 Å². The first-order chi connectivity index (χ1) is 13.2. The second-order valence-corrected chi connectivity index (χ2v) is 9.91. The number of β-lactam (4-membered cyclic amide) rings is 1. The number of hydrogen-bond donors (Lipinski definition) is 2. The minimum Gasteiger partial charge on any atom is -0.480 e. The Bertz CT molecular complexity index is 855. The number of carboxylic acids is 1. The minimum absolute atomic E-state index is 0.344. The second-order valence-electron chi connectivity index (χ2n) is 8.14. The Kier molecular flexibility index (Phi) is 4.66. The van der Waals surface area contributed by atoms with Crippen LogP contribution in [0.2, 0.25) is 0 Å². The van der Waals surface area contributed by atoms with Crippen molar-refractivity contribution in [2.45, 2.75) is 61.9 Å². The van der Waals surface area contributed by atoms with E-state index < -0.39 is 28.9 Å². The maximum Gasteiger partial charge on any atom is 0.327 e. The number of carbonyl (C=O) groups is 3. The number of amides is 2. The fourth-order valence-corrected chi connectivity index (χ4v) is 5.96. The van der Waals surface area contributed by atoms with Crippen molar-refractivity contribution in [2.75, 3.05) is 6.61 Å². The van der Waals surface area contributed by atoms with Crippen LogP contribution in [0.25, 0.3) is 0 Å². The third-order valence-corrected chi connectivity index (χ3v) is 7.24. The molecule has 150 valence electrons. The number of carbonyl (C=O) groups excluding carboxylic acids is 2. The van der Waals surface area contributed by atoms with Gasteiger partial charge in [0.1, 0.15) is 17.5 Å². The van der Waals surface area contributed by atoms with E-state index in [4.69, 9.17) is 4.74 Å². The molecule has 0 saturated carbocycles. The van der Waals surface area contributed by atoms with Crippen LogP contribution in [-0.4, -0.2) is 56.6 Å². The lowest BCUT2D eigenvalue weighted by Gasteiger charge is -2.43. The molecule has 0 radical (unpaired) electrons. The van der Waals surface area contributed by atoms with Crippen molar-refractivity contribution >= 4 is 29.5 Å². The number of benzene rings is 1. The zero-order valence-electron chi connectivity index (χ0n) is 16.1. The molecule has 0 bridgehead atoms. The van der Waals surface area contributed by atoms with Crippen molar-refractivity contribution in [2.24, 2.45) is 0 Å². The van der Waals surface area contributed by atoms with Gasteiger partial charge in [0, 0.05) is 11.4 Å². The summed E-state index contributed by atoms with van der Waals surface area (Å²) < 4.78 is 5.21. The molecule has 0 aliphatic carbocycles. The van der Waals surface area contributed by atoms with Crippen molar-refractivity contribution in [3.05, 3.63) is 34.9 Å². The van der Waals surface area contributed by atoms with Crippen molar-refractivity contribution in [3.63, 3.8) is 0 Å². The predicted molar refractivity (Wildman–Crippen MR) is 104 cm³/mol. The highest BCUT2D eigenvalue weighted by atomic mass is 32.2. The first-order valence-electron chi connectivity index (χ1n) is 9.45. The van der Waals surface area contributed by atoms with Gasteiger partial charge in [0.05, 0.1) is 0 Å². The Labute approximate surface area is 167 Å². The highest BCUT2D eigenvalue weighted by Crippen LogP contribution is 2.50.